The molecule has 1 aliphatic rings. The van der Waals surface area contributed by atoms with Gasteiger partial charge in [0.05, 0.1) is 35.8 Å². The maximum atomic E-state index is 13.8. The number of fused-ring (bicyclic) bond motifs is 1. The number of rotatable bonds is 4. The highest BCUT2D eigenvalue weighted by atomic mass is 19.4. The van der Waals surface area contributed by atoms with Gasteiger partial charge in [0.15, 0.2) is 0 Å². The number of esters is 1. The van der Waals surface area contributed by atoms with Gasteiger partial charge >= 0.3 is 12.1 Å². The monoisotopic (exact) mass is 407 g/mol. The first kappa shape index (κ1) is 20.6. The number of methoxy groups -OCH3 is 1. The lowest BCUT2D eigenvalue weighted by Crippen LogP contribution is -2.27. The third kappa shape index (κ3) is 3.90. The van der Waals surface area contributed by atoms with E-state index >= 15 is 0 Å². The molecular formula is C20H20F3N3O3. The van der Waals surface area contributed by atoms with Crippen molar-refractivity contribution in [2.24, 2.45) is 0 Å². The number of anilines is 1. The molecule has 0 spiro atoms. The van der Waals surface area contributed by atoms with Crippen LogP contribution >= 0.6 is 0 Å². The molecule has 0 saturated heterocycles. The number of halogens is 3. The first-order valence-corrected chi connectivity index (χ1v) is 8.88. The highest BCUT2D eigenvalue weighted by Crippen LogP contribution is 2.48. The number of benzene rings is 1. The van der Waals surface area contributed by atoms with Gasteiger partial charge in [0, 0.05) is 5.70 Å². The van der Waals surface area contributed by atoms with Crippen LogP contribution in [-0.2, 0) is 15.7 Å². The fourth-order valence-corrected chi connectivity index (χ4v) is 3.36. The Morgan fingerprint density at radius 1 is 1.21 bits per heavy atom. The molecule has 29 heavy (non-hydrogen) atoms. The molecule has 1 aromatic heterocycles. The van der Waals surface area contributed by atoms with Gasteiger partial charge in [-0.25, -0.2) is 14.8 Å². The van der Waals surface area contributed by atoms with E-state index in [1.807, 2.05) is 0 Å². The standard InChI is InChI=1S/C20H20F3N3O3/c1-10(2)29-18-16-15(12-7-5-6-8-13(12)20(21,22)23)14(19(27)28-4)11(3)26-17(16)24-9-25-18/h5-10,15H,1-4H3,(H,24,25,26). The SMILES string of the molecule is COC(=O)C1=C(C)Nc2ncnc(OC(C)C)c2C1c1ccccc1C(F)(F)F. The van der Waals surface area contributed by atoms with Crippen molar-refractivity contribution in [2.75, 3.05) is 12.4 Å². The third-order valence-corrected chi connectivity index (χ3v) is 4.46. The second-order valence-electron chi connectivity index (χ2n) is 6.78. The Morgan fingerprint density at radius 3 is 2.52 bits per heavy atom. The number of aromatic nitrogens is 2. The molecule has 6 nitrogen and oxygen atoms in total. The van der Waals surface area contributed by atoms with E-state index in [-0.39, 0.29) is 34.5 Å². The summed E-state index contributed by atoms with van der Waals surface area (Å²) >= 11 is 0. The Morgan fingerprint density at radius 2 is 1.90 bits per heavy atom. The number of nitrogens with one attached hydrogen (secondary N) is 1. The molecule has 0 aliphatic carbocycles. The maximum Gasteiger partial charge on any atom is 0.416 e. The maximum absolute atomic E-state index is 13.8. The fourth-order valence-electron chi connectivity index (χ4n) is 3.36. The molecule has 0 radical (unpaired) electrons. The van der Waals surface area contributed by atoms with Gasteiger partial charge in [-0.1, -0.05) is 18.2 Å². The molecule has 1 N–H and O–H groups in total. The van der Waals surface area contributed by atoms with Crippen LogP contribution in [0.5, 0.6) is 5.88 Å². The number of carbonyl (C=O) groups excluding carboxylic acids is 1. The molecule has 2 aromatic rings. The van der Waals surface area contributed by atoms with Crippen LogP contribution in [-0.4, -0.2) is 29.2 Å². The summed E-state index contributed by atoms with van der Waals surface area (Å²) in [6, 6.07) is 5.11. The van der Waals surface area contributed by atoms with Crippen molar-refractivity contribution in [1.82, 2.24) is 9.97 Å². The number of nitrogens with zero attached hydrogens (tertiary/aromatic N) is 2. The van der Waals surface area contributed by atoms with Crippen LogP contribution in [0.4, 0.5) is 19.0 Å². The molecule has 2 heterocycles. The van der Waals surface area contributed by atoms with Crippen LogP contribution < -0.4 is 10.1 Å². The molecule has 1 aromatic carbocycles. The normalized spacial score (nSPS) is 16.3. The quantitative estimate of drug-likeness (QED) is 0.763. The second kappa shape index (κ2) is 7.73. The van der Waals surface area contributed by atoms with E-state index in [1.165, 1.54) is 31.6 Å². The lowest BCUT2D eigenvalue weighted by molar-refractivity contribution is -0.139. The lowest BCUT2D eigenvalue weighted by atomic mass is 9.80. The lowest BCUT2D eigenvalue weighted by Gasteiger charge is -2.31. The van der Waals surface area contributed by atoms with Crippen LogP contribution in [0.2, 0.25) is 0 Å². The van der Waals surface area contributed by atoms with Crippen LogP contribution in [0.25, 0.3) is 0 Å². The Bertz CT molecular complexity index is 971. The van der Waals surface area contributed by atoms with Gasteiger partial charge in [-0.15, -0.1) is 0 Å². The van der Waals surface area contributed by atoms with Crippen LogP contribution in [0.15, 0.2) is 41.9 Å². The van der Waals surface area contributed by atoms with Crippen molar-refractivity contribution >= 4 is 11.8 Å². The number of alkyl halides is 3. The minimum absolute atomic E-state index is 0.0418. The topological polar surface area (TPSA) is 73.3 Å². The summed E-state index contributed by atoms with van der Waals surface area (Å²) < 4.78 is 52.0. The van der Waals surface area contributed by atoms with E-state index in [1.54, 1.807) is 20.8 Å². The first-order chi connectivity index (χ1) is 13.6. The van der Waals surface area contributed by atoms with Crippen LogP contribution in [0, 0.1) is 0 Å². The van der Waals surface area contributed by atoms with Gasteiger partial charge in [-0.2, -0.15) is 13.2 Å². The predicted octanol–water partition coefficient (Wildman–Crippen LogP) is 4.29. The summed E-state index contributed by atoms with van der Waals surface area (Å²) in [6.45, 7) is 5.13. The molecule has 1 atom stereocenters. The second-order valence-corrected chi connectivity index (χ2v) is 6.78. The zero-order valence-corrected chi connectivity index (χ0v) is 16.3. The van der Waals surface area contributed by atoms with Gasteiger partial charge < -0.3 is 14.8 Å². The number of hydrogen-bond donors (Lipinski definition) is 1. The number of ether oxygens (including phenoxy) is 2. The average Bonchev–Trinajstić information content (AvgIpc) is 2.65. The van der Waals surface area contributed by atoms with E-state index in [0.29, 0.717) is 5.70 Å². The van der Waals surface area contributed by atoms with Gasteiger partial charge in [0.1, 0.15) is 12.1 Å². The molecule has 0 amide bonds. The van der Waals surface area contributed by atoms with Gasteiger partial charge in [-0.3, -0.25) is 0 Å². The highest BCUT2D eigenvalue weighted by Gasteiger charge is 2.42. The van der Waals surface area contributed by atoms with E-state index in [9.17, 15) is 18.0 Å². The molecule has 154 valence electrons. The van der Waals surface area contributed by atoms with Crippen molar-refractivity contribution in [3.05, 3.63) is 58.6 Å². The van der Waals surface area contributed by atoms with E-state index in [0.717, 1.165) is 6.07 Å². The van der Waals surface area contributed by atoms with Gasteiger partial charge in [0.2, 0.25) is 5.88 Å². The summed E-state index contributed by atoms with van der Waals surface area (Å²) in [5.41, 5.74) is -0.318. The van der Waals surface area contributed by atoms with Crippen molar-refractivity contribution in [3.8, 4) is 5.88 Å². The molecule has 0 bridgehead atoms. The molecule has 3 rings (SSSR count). The molecule has 1 aliphatic heterocycles. The van der Waals surface area contributed by atoms with E-state index in [4.69, 9.17) is 9.47 Å². The van der Waals surface area contributed by atoms with E-state index in [2.05, 4.69) is 15.3 Å². The Kier molecular flexibility index (Phi) is 5.50. The summed E-state index contributed by atoms with van der Waals surface area (Å²) in [6.07, 6.45) is -3.65. The first-order valence-electron chi connectivity index (χ1n) is 8.88. The Labute approximate surface area is 165 Å². The number of allylic oxidation sites excluding steroid dienone is 1. The van der Waals surface area contributed by atoms with Crippen LogP contribution in [0.1, 0.15) is 43.4 Å². The van der Waals surface area contributed by atoms with Crippen LogP contribution in [0.3, 0.4) is 0 Å². The largest absolute Gasteiger partial charge is 0.475 e. The smallest absolute Gasteiger partial charge is 0.416 e. The highest BCUT2D eigenvalue weighted by molar-refractivity contribution is 5.94. The minimum atomic E-state index is -4.62. The average molecular weight is 407 g/mol. The van der Waals surface area contributed by atoms with Crippen molar-refractivity contribution in [2.45, 2.75) is 39.0 Å². The Balaban J connectivity index is 2.35. The summed E-state index contributed by atoms with van der Waals surface area (Å²) in [5.74, 6) is -1.48. The molecule has 1 unspecified atom stereocenters. The van der Waals surface area contributed by atoms with Crippen molar-refractivity contribution in [1.29, 1.82) is 0 Å². The molecule has 0 saturated carbocycles. The van der Waals surface area contributed by atoms with Crippen molar-refractivity contribution in [3.63, 3.8) is 0 Å². The summed E-state index contributed by atoms with van der Waals surface area (Å²) in [4.78, 5) is 20.9. The van der Waals surface area contributed by atoms with Gasteiger partial charge in [0.25, 0.3) is 0 Å². The van der Waals surface area contributed by atoms with E-state index < -0.39 is 23.6 Å². The zero-order valence-electron chi connectivity index (χ0n) is 16.3. The zero-order chi connectivity index (χ0) is 21.3. The predicted molar refractivity (Wildman–Crippen MR) is 99.4 cm³/mol. The summed E-state index contributed by atoms with van der Waals surface area (Å²) in [7, 11) is 1.18. The number of hydrogen-bond acceptors (Lipinski definition) is 6. The minimum Gasteiger partial charge on any atom is -0.475 e. The summed E-state index contributed by atoms with van der Waals surface area (Å²) in [5, 5.41) is 2.96. The fraction of sp³-hybridized carbons (Fsp3) is 0.350. The molecule has 0 fully saturated rings. The molecular weight excluding hydrogens is 387 g/mol. The van der Waals surface area contributed by atoms with Gasteiger partial charge in [-0.05, 0) is 32.4 Å². The third-order valence-electron chi connectivity index (χ3n) is 4.46. The number of carbonyl (C=O) groups is 1. The molecule has 9 heteroatoms. The van der Waals surface area contributed by atoms with Crippen molar-refractivity contribution < 1.29 is 27.4 Å². The Hall–Kier alpha value is -3.10.